The largest absolute Gasteiger partial charge is 0.480 e. The van der Waals surface area contributed by atoms with Gasteiger partial charge in [-0.3, -0.25) is 14.8 Å². The van der Waals surface area contributed by atoms with Gasteiger partial charge in [-0.2, -0.15) is 0 Å². The van der Waals surface area contributed by atoms with Gasteiger partial charge in [0.15, 0.2) is 0 Å². The van der Waals surface area contributed by atoms with E-state index in [1.165, 1.54) is 4.90 Å². The van der Waals surface area contributed by atoms with Gasteiger partial charge in [0.1, 0.15) is 12.1 Å². The van der Waals surface area contributed by atoms with Crippen molar-refractivity contribution in [3.05, 3.63) is 63.9 Å². The summed E-state index contributed by atoms with van der Waals surface area (Å²) in [4.78, 5) is 33.5. The fourth-order valence-corrected chi connectivity index (χ4v) is 5.81. The molecule has 0 bridgehead atoms. The third-order valence-corrected chi connectivity index (χ3v) is 7.60. The van der Waals surface area contributed by atoms with Crippen LogP contribution in [0.1, 0.15) is 60.5 Å². The van der Waals surface area contributed by atoms with Crippen LogP contribution in [0.25, 0.3) is 0 Å². The van der Waals surface area contributed by atoms with Gasteiger partial charge in [0.2, 0.25) is 0 Å². The summed E-state index contributed by atoms with van der Waals surface area (Å²) >= 11 is 6.31. The Morgan fingerprint density at radius 2 is 1.85 bits per heavy atom. The second-order valence-electron chi connectivity index (χ2n) is 9.48. The molecule has 180 valence electrons. The number of carbonyl (C=O) groups excluding carboxylic acids is 1. The third kappa shape index (κ3) is 4.64. The quantitative estimate of drug-likeness (QED) is 0.693. The van der Waals surface area contributed by atoms with Gasteiger partial charge in [-0.15, -0.1) is 0 Å². The molecule has 1 aliphatic heterocycles. The Labute approximate surface area is 204 Å². The number of aromatic nitrogens is 1. The van der Waals surface area contributed by atoms with Gasteiger partial charge in [0.05, 0.1) is 11.7 Å². The van der Waals surface area contributed by atoms with Crippen molar-refractivity contribution in [1.82, 2.24) is 14.8 Å². The van der Waals surface area contributed by atoms with E-state index in [4.69, 9.17) is 21.3 Å². The van der Waals surface area contributed by atoms with Gasteiger partial charge in [-0.1, -0.05) is 30.2 Å². The number of aryl methyl sites for hydroxylation is 2. The van der Waals surface area contributed by atoms with Crippen LogP contribution in [0.5, 0.6) is 0 Å². The van der Waals surface area contributed by atoms with E-state index in [0.717, 1.165) is 67.3 Å². The van der Waals surface area contributed by atoms with Crippen molar-refractivity contribution >= 4 is 23.7 Å². The highest BCUT2D eigenvalue weighted by Gasteiger charge is 2.41. The fraction of sp³-hybridized carbons (Fsp3) is 0.500. The summed E-state index contributed by atoms with van der Waals surface area (Å²) < 4.78 is 5.72. The molecular formula is C26H30ClN3O4. The van der Waals surface area contributed by atoms with Crippen LogP contribution >= 0.6 is 11.6 Å². The van der Waals surface area contributed by atoms with E-state index in [2.05, 4.69) is 11.0 Å². The zero-order valence-electron chi connectivity index (χ0n) is 19.2. The van der Waals surface area contributed by atoms with Crippen LogP contribution in [0.3, 0.4) is 0 Å². The van der Waals surface area contributed by atoms with E-state index >= 15 is 0 Å². The molecule has 3 aliphatic rings. The van der Waals surface area contributed by atoms with Crippen LogP contribution in [0.15, 0.2) is 36.5 Å². The Balaban J connectivity index is 1.42. The SMILES string of the molecule is O=C(O)C1CN(C2c3ccc(Cl)cc3CCc3cccnc32)CCN1C(=O)OC1CCCCC1. The minimum Gasteiger partial charge on any atom is -0.480 e. The lowest BCUT2D eigenvalue weighted by Gasteiger charge is -2.43. The number of rotatable bonds is 3. The number of carboxylic acid groups (broad SMARTS) is 1. The molecule has 1 N–H and O–H groups in total. The topological polar surface area (TPSA) is 83.0 Å². The number of pyridine rings is 1. The Hall–Kier alpha value is -2.64. The molecule has 8 heteroatoms. The number of halogens is 1. The maximum Gasteiger partial charge on any atom is 0.410 e. The highest BCUT2D eigenvalue weighted by Crippen LogP contribution is 2.38. The van der Waals surface area contributed by atoms with Gasteiger partial charge >= 0.3 is 12.1 Å². The standard InChI is InChI=1S/C26H30ClN3O4/c27-19-10-11-21-18(15-19)9-8-17-5-4-12-28-23(17)24(21)29-13-14-30(22(16-29)25(31)32)26(33)34-20-6-2-1-3-7-20/h4-5,10-12,15,20,22,24H,1-3,6-9,13-14,16H2,(H,31,32). The summed E-state index contributed by atoms with van der Waals surface area (Å²) in [7, 11) is 0. The first kappa shape index (κ1) is 23.1. The molecule has 1 aromatic carbocycles. The Morgan fingerprint density at radius 3 is 2.65 bits per heavy atom. The van der Waals surface area contributed by atoms with Gasteiger partial charge in [-0.05, 0) is 73.4 Å². The number of nitrogens with zero attached hydrogens (tertiary/aromatic N) is 3. The minimum absolute atomic E-state index is 0.108. The van der Waals surface area contributed by atoms with Crippen LogP contribution in [0.4, 0.5) is 4.79 Å². The summed E-state index contributed by atoms with van der Waals surface area (Å²) in [6, 6.07) is 8.79. The van der Waals surface area contributed by atoms with E-state index in [9.17, 15) is 14.7 Å². The second kappa shape index (κ2) is 9.92. The summed E-state index contributed by atoms with van der Waals surface area (Å²) in [5.41, 5.74) is 4.36. The predicted molar refractivity (Wildman–Crippen MR) is 128 cm³/mol. The van der Waals surface area contributed by atoms with E-state index in [0.29, 0.717) is 18.1 Å². The van der Waals surface area contributed by atoms with E-state index in [1.54, 1.807) is 6.20 Å². The van der Waals surface area contributed by atoms with Crippen molar-refractivity contribution in [3.63, 3.8) is 0 Å². The Bertz CT molecular complexity index is 1070. The van der Waals surface area contributed by atoms with E-state index < -0.39 is 18.1 Å². The molecule has 0 radical (unpaired) electrons. The highest BCUT2D eigenvalue weighted by molar-refractivity contribution is 6.30. The van der Waals surface area contributed by atoms with Crippen molar-refractivity contribution in [2.45, 2.75) is 63.1 Å². The molecule has 2 fully saturated rings. The van der Waals surface area contributed by atoms with Crippen LogP contribution in [-0.2, 0) is 22.4 Å². The van der Waals surface area contributed by atoms with Crippen molar-refractivity contribution in [1.29, 1.82) is 0 Å². The van der Waals surface area contributed by atoms with Crippen LogP contribution in [0, 0.1) is 0 Å². The first-order valence-electron chi connectivity index (χ1n) is 12.2. The number of carboxylic acids is 1. The summed E-state index contributed by atoms with van der Waals surface area (Å²) in [5.74, 6) is -1.02. The lowest BCUT2D eigenvalue weighted by Crippen LogP contribution is -2.59. The van der Waals surface area contributed by atoms with Crippen molar-refractivity contribution in [2.24, 2.45) is 0 Å². The van der Waals surface area contributed by atoms with E-state index in [-0.39, 0.29) is 18.7 Å². The van der Waals surface area contributed by atoms with Crippen molar-refractivity contribution < 1.29 is 19.4 Å². The van der Waals surface area contributed by atoms with Crippen LogP contribution in [0.2, 0.25) is 5.02 Å². The molecule has 1 amide bonds. The molecule has 2 aromatic rings. The smallest absolute Gasteiger partial charge is 0.410 e. The molecular weight excluding hydrogens is 454 g/mol. The lowest BCUT2D eigenvalue weighted by molar-refractivity contribution is -0.145. The monoisotopic (exact) mass is 483 g/mol. The molecule has 1 saturated heterocycles. The zero-order valence-corrected chi connectivity index (χ0v) is 19.9. The van der Waals surface area contributed by atoms with Gasteiger partial charge in [-0.25, -0.2) is 9.59 Å². The summed E-state index contributed by atoms with van der Waals surface area (Å²) in [6.45, 7) is 1.04. The normalized spacial score (nSPS) is 23.5. The number of fused-ring (bicyclic) bond motifs is 2. The molecule has 2 heterocycles. The number of aliphatic carboxylic acids is 1. The first-order chi connectivity index (χ1) is 16.5. The molecule has 5 rings (SSSR count). The molecule has 7 nitrogen and oxygen atoms in total. The Kier molecular flexibility index (Phi) is 6.75. The van der Waals surface area contributed by atoms with Gasteiger partial charge in [0, 0.05) is 30.9 Å². The van der Waals surface area contributed by atoms with E-state index in [1.807, 2.05) is 24.3 Å². The van der Waals surface area contributed by atoms with Gasteiger partial charge < -0.3 is 9.84 Å². The molecule has 2 unspecified atom stereocenters. The molecule has 0 spiro atoms. The van der Waals surface area contributed by atoms with Crippen molar-refractivity contribution in [2.75, 3.05) is 19.6 Å². The van der Waals surface area contributed by atoms with Gasteiger partial charge in [0.25, 0.3) is 0 Å². The van der Waals surface area contributed by atoms with Crippen LogP contribution in [-0.4, -0.2) is 63.7 Å². The predicted octanol–water partition coefficient (Wildman–Crippen LogP) is 4.46. The second-order valence-corrected chi connectivity index (χ2v) is 9.92. The Morgan fingerprint density at radius 1 is 1.06 bits per heavy atom. The first-order valence-corrected chi connectivity index (χ1v) is 12.6. The molecule has 1 aromatic heterocycles. The number of ether oxygens (including phenoxy) is 1. The summed E-state index contributed by atoms with van der Waals surface area (Å²) in [5, 5.41) is 10.7. The molecule has 34 heavy (non-hydrogen) atoms. The minimum atomic E-state index is -1.02. The average molecular weight is 484 g/mol. The number of benzene rings is 1. The number of hydrogen-bond donors (Lipinski definition) is 1. The summed E-state index contributed by atoms with van der Waals surface area (Å²) in [6.07, 6.45) is 7.84. The zero-order chi connectivity index (χ0) is 23.7. The maximum absolute atomic E-state index is 12.9. The molecule has 2 aliphatic carbocycles. The molecule has 2 atom stereocenters. The number of piperazine rings is 1. The number of amides is 1. The fourth-order valence-electron chi connectivity index (χ4n) is 5.61. The molecule has 1 saturated carbocycles. The number of hydrogen-bond acceptors (Lipinski definition) is 5. The number of carbonyl (C=O) groups is 2. The van der Waals surface area contributed by atoms with Crippen molar-refractivity contribution in [3.8, 4) is 0 Å². The third-order valence-electron chi connectivity index (χ3n) is 7.36. The average Bonchev–Trinajstić information content (AvgIpc) is 3.01. The van der Waals surface area contributed by atoms with Crippen LogP contribution < -0.4 is 0 Å². The lowest BCUT2D eigenvalue weighted by atomic mass is 9.95. The highest BCUT2D eigenvalue weighted by atomic mass is 35.5. The maximum atomic E-state index is 12.9.